The summed E-state index contributed by atoms with van der Waals surface area (Å²) in [6, 6.07) is 3.59. The number of rotatable bonds is 6. The number of nitrogens with one attached hydrogen (secondary N) is 1. The summed E-state index contributed by atoms with van der Waals surface area (Å²) in [6.07, 6.45) is 0. The van der Waals surface area contributed by atoms with E-state index in [2.05, 4.69) is 10.5 Å². The summed E-state index contributed by atoms with van der Waals surface area (Å²) in [5, 5.41) is 7.85. The van der Waals surface area contributed by atoms with Crippen LogP contribution in [0.3, 0.4) is 0 Å². The van der Waals surface area contributed by atoms with Crippen LogP contribution in [0, 0.1) is 5.92 Å². The van der Waals surface area contributed by atoms with Gasteiger partial charge < -0.3 is 25.4 Å². The molecule has 0 amide bonds. The lowest BCUT2D eigenvalue weighted by Gasteiger charge is -2.11. The van der Waals surface area contributed by atoms with Crippen molar-refractivity contribution >= 4 is 17.3 Å². The molecule has 2 rings (SSSR count). The van der Waals surface area contributed by atoms with Crippen molar-refractivity contribution in [2.24, 2.45) is 16.8 Å². The highest BCUT2D eigenvalue weighted by Gasteiger charge is 2.21. The fourth-order valence-electron chi connectivity index (χ4n) is 2.21. The molecule has 1 atom stereocenters. The monoisotopic (exact) mass is 313 g/mol. The fourth-order valence-corrected chi connectivity index (χ4v) is 2.52. The second-order valence-electron chi connectivity index (χ2n) is 4.73. The molecule has 0 aromatic heterocycles. The average Bonchev–Trinajstić information content (AvgIpc) is 2.94. The van der Waals surface area contributed by atoms with E-state index in [1.165, 1.54) is 0 Å². The Kier molecular flexibility index (Phi) is 5.67. The van der Waals surface area contributed by atoms with E-state index in [9.17, 15) is 0 Å². The molecular weight excluding hydrogens is 294 g/mol. The van der Waals surface area contributed by atoms with Crippen LogP contribution in [-0.4, -0.2) is 39.6 Å². The number of hydrogen-bond donors (Lipinski definition) is 2. The predicted molar refractivity (Wildman–Crippen MR) is 82.2 cm³/mol. The minimum Gasteiger partial charge on any atom is -0.493 e. The van der Waals surface area contributed by atoms with Gasteiger partial charge in [0.05, 0.1) is 25.0 Å². The minimum atomic E-state index is 0.249. The highest BCUT2D eigenvalue weighted by molar-refractivity contribution is 6.32. The molecule has 1 saturated heterocycles. The largest absolute Gasteiger partial charge is 0.493 e. The van der Waals surface area contributed by atoms with Crippen LogP contribution in [0.25, 0.3) is 0 Å². The molecule has 0 spiro atoms. The Morgan fingerprint density at radius 3 is 2.86 bits per heavy atom. The van der Waals surface area contributed by atoms with Gasteiger partial charge in [-0.2, -0.15) is 0 Å². The van der Waals surface area contributed by atoms with Gasteiger partial charge in [0.15, 0.2) is 11.5 Å². The van der Waals surface area contributed by atoms with Crippen molar-refractivity contribution in [2.45, 2.75) is 6.61 Å². The number of oxime groups is 1. The topological polar surface area (TPSA) is 78.1 Å². The quantitative estimate of drug-likeness (QED) is 0.776. The summed E-state index contributed by atoms with van der Waals surface area (Å²) in [4.78, 5) is 5.40. The van der Waals surface area contributed by atoms with E-state index < -0.39 is 0 Å². The first-order valence-corrected chi connectivity index (χ1v) is 7.07. The molecule has 0 aliphatic carbocycles. The maximum absolute atomic E-state index is 6.14. The van der Waals surface area contributed by atoms with Gasteiger partial charge in [0.2, 0.25) is 0 Å². The molecule has 1 aliphatic rings. The molecule has 0 radical (unpaired) electrons. The second-order valence-corrected chi connectivity index (χ2v) is 5.14. The van der Waals surface area contributed by atoms with E-state index in [4.69, 9.17) is 31.6 Å². The van der Waals surface area contributed by atoms with Gasteiger partial charge in [-0.15, -0.1) is 0 Å². The van der Waals surface area contributed by atoms with Crippen LogP contribution in [0.2, 0.25) is 5.02 Å². The minimum absolute atomic E-state index is 0.249. The van der Waals surface area contributed by atoms with Gasteiger partial charge in [-0.1, -0.05) is 16.8 Å². The zero-order chi connectivity index (χ0) is 15.2. The molecule has 1 unspecified atom stereocenters. The second kappa shape index (κ2) is 7.49. The molecule has 1 aliphatic heterocycles. The Bertz CT molecular complexity index is 522. The van der Waals surface area contributed by atoms with Gasteiger partial charge in [-0.3, -0.25) is 0 Å². The number of nitrogens with zero attached hydrogens (tertiary/aromatic N) is 1. The van der Waals surface area contributed by atoms with Gasteiger partial charge in [-0.05, 0) is 17.7 Å². The van der Waals surface area contributed by atoms with Gasteiger partial charge in [0, 0.05) is 25.6 Å². The van der Waals surface area contributed by atoms with Crippen molar-refractivity contribution < 1.29 is 14.3 Å². The van der Waals surface area contributed by atoms with Crippen LogP contribution in [-0.2, 0) is 11.4 Å². The number of benzene rings is 1. The summed E-state index contributed by atoms with van der Waals surface area (Å²) in [5.74, 6) is 1.33. The maximum atomic E-state index is 6.14. The Balaban J connectivity index is 2.03. The van der Waals surface area contributed by atoms with E-state index in [0.717, 1.165) is 17.8 Å². The van der Waals surface area contributed by atoms with E-state index in [0.29, 0.717) is 36.2 Å². The van der Waals surface area contributed by atoms with Gasteiger partial charge in [-0.25, -0.2) is 0 Å². The average molecular weight is 314 g/mol. The summed E-state index contributed by atoms with van der Waals surface area (Å²) in [5.41, 5.74) is 7.48. The number of nitrogens with two attached hydrogens (primary N) is 1. The van der Waals surface area contributed by atoms with Crippen molar-refractivity contribution in [1.29, 1.82) is 0 Å². The first-order valence-electron chi connectivity index (χ1n) is 6.69. The van der Waals surface area contributed by atoms with Gasteiger partial charge in [0.25, 0.3) is 0 Å². The lowest BCUT2D eigenvalue weighted by atomic mass is 10.1. The van der Waals surface area contributed by atoms with Crippen molar-refractivity contribution in [3.63, 3.8) is 0 Å². The van der Waals surface area contributed by atoms with E-state index in [1.54, 1.807) is 20.3 Å². The summed E-state index contributed by atoms with van der Waals surface area (Å²) in [6.45, 7) is 2.44. The highest BCUT2D eigenvalue weighted by atomic mass is 35.5. The number of hydrogen-bond acceptors (Lipinski definition) is 6. The van der Waals surface area contributed by atoms with Crippen LogP contribution in [0.1, 0.15) is 5.56 Å². The zero-order valence-corrected chi connectivity index (χ0v) is 12.9. The third-order valence-electron chi connectivity index (χ3n) is 3.36. The predicted octanol–water partition coefficient (Wildman–Crippen LogP) is 1.41. The van der Waals surface area contributed by atoms with Crippen LogP contribution in [0.5, 0.6) is 11.5 Å². The Hall–Kier alpha value is -1.50. The lowest BCUT2D eigenvalue weighted by Crippen LogP contribution is -2.22. The number of ether oxygens (including phenoxy) is 2. The number of methoxy groups -OCH3 is 2. The summed E-state index contributed by atoms with van der Waals surface area (Å²) >= 11 is 6.14. The molecule has 1 aromatic rings. The molecule has 0 saturated carbocycles. The molecular formula is C14H20ClN3O3. The SMILES string of the molecule is COc1cc(CO/N=C2\CNCC2CN)cc(Cl)c1OC. The van der Waals surface area contributed by atoms with Crippen molar-refractivity contribution in [3.05, 3.63) is 22.7 Å². The summed E-state index contributed by atoms with van der Waals surface area (Å²) in [7, 11) is 3.11. The molecule has 7 heteroatoms. The molecule has 3 N–H and O–H groups in total. The molecule has 116 valence electrons. The fraction of sp³-hybridized carbons (Fsp3) is 0.500. The van der Waals surface area contributed by atoms with Gasteiger partial charge in [0.1, 0.15) is 6.61 Å². The highest BCUT2D eigenvalue weighted by Crippen LogP contribution is 2.36. The van der Waals surface area contributed by atoms with E-state index in [1.807, 2.05) is 6.07 Å². The van der Waals surface area contributed by atoms with Crippen LogP contribution in [0.15, 0.2) is 17.3 Å². The Labute approximate surface area is 129 Å². The van der Waals surface area contributed by atoms with E-state index in [-0.39, 0.29) is 5.92 Å². The molecule has 6 nitrogen and oxygen atoms in total. The molecule has 0 bridgehead atoms. The zero-order valence-electron chi connectivity index (χ0n) is 12.2. The van der Waals surface area contributed by atoms with Crippen LogP contribution in [0.4, 0.5) is 0 Å². The normalized spacial score (nSPS) is 19.8. The Morgan fingerprint density at radius 2 is 2.19 bits per heavy atom. The molecule has 1 fully saturated rings. The smallest absolute Gasteiger partial charge is 0.179 e. The first kappa shape index (κ1) is 15.9. The molecule has 21 heavy (non-hydrogen) atoms. The molecule has 1 heterocycles. The Morgan fingerprint density at radius 1 is 1.38 bits per heavy atom. The van der Waals surface area contributed by atoms with Crippen LogP contribution < -0.4 is 20.5 Å². The maximum Gasteiger partial charge on any atom is 0.179 e. The summed E-state index contributed by atoms with van der Waals surface area (Å²) < 4.78 is 10.4. The van der Waals surface area contributed by atoms with Crippen LogP contribution >= 0.6 is 11.6 Å². The van der Waals surface area contributed by atoms with E-state index >= 15 is 0 Å². The standard InChI is InChI=1S/C14H20ClN3O3/c1-19-13-4-9(3-11(15)14(13)20-2)8-21-18-12-7-17-6-10(12)5-16/h3-4,10,17H,5-8,16H2,1-2H3/b18-12+. The third kappa shape index (κ3) is 3.78. The molecule has 1 aromatic carbocycles. The number of halogens is 1. The lowest BCUT2D eigenvalue weighted by molar-refractivity contribution is 0.129. The van der Waals surface area contributed by atoms with Crippen molar-refractivity contribution in [3.8, 4) is 11.5 Å². The third-order valence-corrected chi connectivity index (χ3v) is 3.64. The van der Waals surface area contributed by atoms with Crippen molar-refractivity contribution in [2.75, 3.05) is 33.9 Å². The first-order chi connectivity index (χ1) is 10.2. The van der Waals surface area contributed by atoms with Crippen molar-refractivity contribution in [1.82, 2.24) is 5.32 Å². The van der Waals surface area contributed by atoms with Gasteiger partial charge >= 0.3 is 0 Å².